The van der Waals surface area contributed by atoms with Crippen molar-refractivity contribution in [2.75, 3.05) is 25.5 Å². The van der Waals surface area contributed by atoms with Gasteiger partial charge in [0.25, 0.3) is 11.5 Å². The van der Waals surface area contributed by atoms with Crippen LogP contribution in [0, 0.1) is 6.92 Å². The zero-order valence-corrected chi connectivity index (χ0v) is 16.4. The van der Waals surface area contributed by atoms with Gasteiger partial charge in [0.1, 0.15) is 23.6 Å². The van der Waals surface area contributed by atoms with Crippen molar-refractivity contribution in [2.45, 2.75) is 20.4 Å². The molecule has 1 atom stereocenters. The molecule has 0 aliphatic heterocycles. The van der Waals surface area contributed by atoms with Crippen LogP contribution in [-0.4, -0.2) is 35.5 Å². The number of pyridine rings is 1. The summed E-state index contributed by atoms with van der Waals surface area (Å²) in [4.78, 5) is 30.3. The van der Waals surface area contributed by atoms with E-state index in [2.05, 4.69) is 10.3 Å². The number of benzene rings is 1. The van der Waals surface area contributed by atoms with Gasteiger partial charge in [-0.15, -0.1) is 0 Å². The number of ether oxygens (including phenoxy) is 1. The quantitative estimate of drug-likeness (QED) is 0.642. The number of aromatic nitrogens is 2. The van der Waals surface area contributed by atoms with Gasteiger partial charge in [0.2, 0.25) is 0 Å². The van der Waals surface area contributed by atoms with Gasteiger partial charge in [-0.05, 0) is 49.7 Å². The minimum Gasteiger partial charge on any atom is -0.497 e. The summed E-state index contributed by atoms with van der Waals surface area (Å²) in [6.07, 6.45) is 1.78. The van der Waals surface area contributed by atoms with Crippen molar-refractivity contribution in [3.63, 3.8) is 0 Å². The Morgan fingerprint density at radius 3 is 2.64 bits per heavy atom. The van der Waals surface area contributed by atoms with Crippen molar-refractivity contribution < 1.29 is 14.4 Å². The molecule has 1 amide bonds. The van der Waals surface area contributed by atoms with Crippen LogP contribution in [0.2, 0.25) is 0 Å². The van der Waals surface area contributed by atoms with Crippen molar-refractivity contribution in [1.29, 1.82) is 0 Å². The summed E-state index contributed by atoms with van der Waals surface area (Å²) in [5.41, 5.74) is 2.91. The third-order valence-corrected chi connectivity index (χ3v) is 4.58. The summed E-state index contributed by atoms with van der Waals surface area (Å²) in [7, 11) is 1.60. The third kappa shape index (κ3) is 4.75. The molecule has 146 valence electrons. The van der Waals surface area contributed by atoms with Gasteiger partial charge in [-0.2, -0.15) is 0 Å². The molecule has 1 aromatic carbocycles. The number of carbonyl (C=O) groups is 1. The Morgan fingerprint density at radius 2 is 1.96 bits per heavy atom. The predicted molar refractivity (Wildman–Crippen MR) is 108 cm³/mol. The van der Waals surface area contributed by atoms with E-state index in [4.69, 9.17) is 4.74 Å². The maximum Gasteiger partial charge on any atom is 0.279 e. The average Bonchev–Trinajstić information content (AvgIpc) is 2.68. The Balaban J connectivity index is 1.68. The van der Waals surface area contributed by atoms with Gasteiger partial charge in [-0.3, -0.25) is 14.0 Å². The Bertz CT molecular complexity index is 1030. The molecule has 0 spiro atoms. The molecule has 0 aliphatic rings. The van der Waals surface area contributed by atoms with Crippen LogP contribution in [0.15, 0.2) is 53.5 Å². The maximum absolute atomic E-state index is 12.4. The highest BCUT2D eigenvalue weighted by Crippen LogP contribution is 2.14. The van der Waals surface area contributed by atoms with Crippen LogP contribution in [0.5, 0.6) is 5.75 Å². The van der Waals surface area contributed by atoms with E-state index in [0.717, 1.165) is 28.4 Å². The van der Waals surface area contributed by atoms with Crippen molar-refractivity contribution >= 4 is 17.2 Å². The molecule has 0 aliphatic carbocycles. The van der Waals surface area contributed by atoms with Crippen LogP contribution in [0.1, 0.15) is 18.2 Å². The molecule has 0 saturated heterocycles. The number of nitrogens with zero attached hydrogens (tertiary/aromatic N) is 2. The number of hydrogen-bond acceptors (Lipinski definition) is 4. The highest BCUT2D eigenvalue weighted by Gasteiger charge is 2.15. The van der Waals surface area contributed by atoms with E-state index in [1.54, 1.807) is 48.0 Å². The van der Waals surface area contributed by atoms with Crippen molar-refractivity contribution in [3.8, 4) is 5.75 Å². The Labute approximate surface area is 163 Å². The molecule has 0 saturated carbocycles. The summed E-state index contributed by atoms with van der Waals surface area (Å²) in [5, 5.41) is 2.89. The molecular formula is C21H25N4O3+. The van der Waals surface area contributed by atoms with Gasteiger partial charge in [0.05, 0.1) is 13.7 Å². The minimum atomic E-state index is -0.109. The van der Waals surface area contributed by atoms with E-state index in [0.29, 0.717) is 17.9 Å². The van der Waals surface area contributed by atoms with Crippen LogP contribution in [-0.2, 0) is 11.3 Å². The fourth-order valence-corrected chi connectivity index (χ4v) is 3.02. The zero-order chi connectivity index (χ0) is 20.1. The first-order valence-electron chi connectivity index (χ1n) is 9.25. The third-order valence-electron chi connectivity index (χ3n) is 4.58. The largest absolute Gasteiger partial charge is 0.497 e. The topological polar surface area (TPSA) is 77.1 Å². The maximum atomic E-state index is 12.4. The average molecular weight is 381 g/mol. The Hall–Kier alpha value is -3.19. The lowest BCUT2D eigenvalue weighted by Crippen LogP contribution is -3.11. The molecule has 2 N–H and O–H groups in total. The number of methoxy groups -OCH3 is 1. The molecular weight excluding hydrogens is 356 g/mol. The van der Waals surface area contributed by atoms with Crippen molar-refractivity contribution in [1.82, 2.24) is 9.38 Å². The molecule has 0 radical (unpaired) electrons. The van der Waals surface area contributed by atoms with Crippen molar-refractivity contribution in [2.24, 2.45) is 0 Å². The summed E-state index contributed by atoms with van der Waals surface area (Å²) < 4.78 is 6.66. The highest BCUT2D eigenvalue weighted by molar-refractivity contribution is 5.91. The molecule has 1 unspecified atom stereocenters. The summed E-state index contributed by atoms with van der Waals surface area (Å²) >= 11 is 0. The van der Waals surface area contributed by atoms with Gasteiger partial charge in [0.15, 0.2) is 6.54 Å². The SMILES string of the molecule is CC[NH+](CC(=O)Nc1ccc(OC)cc1)Cc1cc(=O)n2cc(C)ccc2n1. The lowest BCUT2D eigenvalue weighted by molar-refractivity contribution is -0.904. The van der Waals surface area contributed by atoms with E-state index in [-0.39, 0.29) is 18.0 Å². The number of likely N-dealkylation sites (N-methyl/N-ethyl adjacent to an activating group) is 1. The molecule has 0 fully saturated rings. The smallest absolute Gasteiger partial charge is 0.279 e. The Kier molecular flexibility index (Phi) is 6.06. The molecule has 7 nitrogen and oxygen atoms in total. The number of amides is 1. The number of fused-ring (bicyclic) bond motifs is 1. The molecule has 28 heavy (non-hydrogen) atoms. The standard InChI is InChI=1S/C21H24N4O3/c1-4-24(14-20(26)23-16-6-8-18(28-3)9-7-16)13-17-11-21(27)25-12-15(2)5-10-19(25)22-17/h5-12H,4,13-14H2,1-3H3,(H,23,26)/p+1. The summed E-state index contributed by atoms with van der Waals surface area (Å²) in [6, 6.07) is 12.5. The number of carbonyl (C=O) groups excluding carboxylic acids is 1. The van der Waals surface area contributed by atoms with Gasteiger partial charge in [0, 0.05) is 18.0 Å². The van der Waals surface area contributed by atoms with Gasteiger partial charge < -0.3 is 15.0 Å². The molecule has 0 bridgehead atoms. The van der Waals surface area contributed by atoms with Crippen LogP contribution < -0.4 is 20.5 Å². The van der Waals surface area contributed by atoms with Crippen LogP contribution in [0.25, 0.3) is 5.65 Å². The monoisotopic (exact) mass is 381 g/mol. The van der Waals surface area contributed by atoms with Crippen LogP contribution in [0.4, 0.5) is 5.69 Å². The number of quaternary nitrogens is 1. The number of rotatable bonds is 7. The van der Waals surface area contributed by atoms with Gasteiger partial charge >= 0.3 is 0 Å². The second-order valence-corrected chi connectivity index (χ2v) is 6.75. The first kappa shape index (κ1) is 19.6. The number of aryl methyl sites for hydroxylation is 1. The lowest BCUT2D eigenvalue weighted by Gasteiger charge is -2.17. The van der Waals surface area contributed by atoms with Gasteiger partial charge in [-0.25, -0.2) is 4.98 Å². The first-order valence-corrected chi connectivity index (χ1v) is 9.25. The molecule has 2 heterocycles. The molecule has 3 rings (SSSR count). The van der Waals surface area contributed by atoms with E-state index in [9.17, 15) is 9.59 Å². The van der Waals surface area contributed by atoms with Crippen molar-refractivity contribution in [3.05, 3.63) is 70.3 Å². The van der Waals surface area contributed by atoms with Crippen LogP contribution in [0.3, 0.4) is 0 Å². The normalized spacial score (nSPS) is 12.0. The summed E-state index contributed by atoms with van der Waals surface area (Å²) in [5.74, 6) is 0.651. The van der Waals surface area contributed by atoms with E-state index in [1.807, 2.05) is 26.0 Å². The highest BCUT2D eigenvalue weighted by atomic mass is 16.5. The number of anilines is 1. The Morgan fingerprint density at radius 1 is 1.21 bits per heavy atom. The first-order chi connectivity index (χ1) is 13.5. The fraction of sp³-hybridized carbons (Fsp3) is 0.286. The molecule has 2 aromatic heterocycles. The zero-order valence-electron chi connectivity index (χ0n) is 16.4. The van der Waals surface area contributed by atoms with Gasteiger partial charge in [-0.1, -0.05) is 6.07 Å². The molecule has 7 heteroatoms. The summed E-state index contributed by atoms with van der Waals surface area (Å²) in [6.45, 7) is 5.48. The van der Waals surface area contributed by atoms with Crippen LogP contribution >= 0.6 is 0 Å². The second kappa shape index (κ2) is 8.67. The number of nitrogens with one attached hydrogen (secondary N) is 2. The fourth-order valence-electron chi connectivity index (χ4n) is 3.02. The number of hydrogen-bond donors (Lipinski definition) is 2. The predicted octanol–water partition coefficient (Wildman–Crippen LogP) is 1.06. The van der Waals surface area contributed by atoms with E-state index < -0.39 is 0 Å². The lowest BCUT2D eigenvalue weighted by atomic mass is 10.3. The van der Waals surface area contributed by atoms with E-state index in [1.165, 1.54) is 0 Å². The molecule has 3 aromatic rings. The van der Waals surface area contributed by atoms with E-state index >= 15 is 0 Å². The minimum absolute atomic E-state index is 0.0878. The second-order valence-electron chi connectivity index (χ2n) is 6.75.